The van der Waals surface area contributed by atoms with E-state index in [-0.39, 0.29) is 28.1 Å². The van der Waals surface area contributed by atoms with E-state index in [0.29, 0.717) is 17.0 Å². The molecular weight excluding hydrogens is 485 g/mol. The van der Waals surface area contributed by atoms with E-state index in [1.807, 2.05) is 0 Å². The van der Waals surface area contributed by atoms with Crippen LogP contribution in [0.15, 0.2) is 54.9 Å². The van der Waals surface area contributed by atoms with Gasteiger partial charge >= 0.3 is 6.18 Å². The minimum absolute atomic E-state index is 0.00726. The second kappa shape index (κ2) is 9.34. The van der Waals surface area contributed by atoms with Crippen LogP contribution in [0.5, 0.6) is 0 Å². The van der Waals surface area contributed by atoms with Gasteiger partial charge in [0.15, 0.2) is 11.5 Å². The van der Waals surface area contributed by atoms with Gasteiger partial charge in [-0.25, -0.2) is 9.67 Å². The predicted molar refractivity (Wildman–Crippen MR) is 124 cm³/mol. The number of hydrogen-bond acceptors (Lipinski definition) is 5. The number of anilines is 1. The Kier molecular flexibility index (Phi) is 6.44. The van der Waals surface area contributed by atoms with Crippen LogP contribution in [-0.4, -0.2) is 37.6 Å². The zero-order valence-electron chi connectivity index (χ0n) is 18.4. The SMILES string of the molecule is CC(C)NC(=O)c1c(NC(=O)c2cc(C(F)(F)F)nn2-c2ncccc2Cl)ccc2ncccc12. The van der Waals surface area contributed by atoms with Crippen molar-refractivity contribution in [3.8, 4) is 5.82 Å². The van der Waals surface area contributed by atoms with Crippen LogP contribution in [0.1, 0.15) is 40.4 Å². The Labute approximate surface area is 202 Å². The number of halogens is 4. The van der Waals surface area contributed by atoms with Crippen LogP contribution in [-0.2, 0) is 6.18 Å². The van der Waals surface area contributed by atoms with Gasteiger partial charge in [0.05, 0.1) is 21.8 Å². The van der Waals surface area contributed by atoms with E-state index in [1.165, 1.54) is 24.4 Å². The molecule has 0 aliphatic carbocycles. The lowest BCUT2D eigenvalue weighted by Crippen LogP contribution is -2.31. The molecule has 4 rings (SSSR count). The minimum Gasteiger partial charge on any atom is -0.350 e. The third-order valence-corrected chi connectivity index (χ3v) is 5.15. The van der Waals surface area contributed by atoms with Gasteiger partial charge in [-0.2, -0.15) is 18.3 Å². The van der Waals surface area contributed by atoms with Gasteiger partial charge in [0.1, 0.15) is 5.69 Å². The van der Waals surface area contributed by atoms with E-state index in [9.17, 15) is 22.8 Å². The number of aromatic nitrogens is 4. The van der Waals surface area contributed by atoms with Crippen LogP contribution in [0.25, 0.3) is 16.7 Å². The molecule has 180 valence electrons. The molecule has 3 aromatic heterocycles. The maximum absolute atomic E-state index is 13.4. The van der Waals surface area contributed by atoms with E-state index in [1.54, 1.807) is 38.2 Å². The summed E-state index contributed by atoms with van der Waals surface area (Å²) in [6.07, 6.45) is -1.96. The van der Waals surface area contributed by atoms with Crippen molar-refractivity contribution < 1.29 is 22.8 Å². The minimum atomic E-state index is -4.82. The summed E-state index contributed by atoms with van der Waals surface area (Å²) in [5, 5.41) is 9.27. The van der Waals surface area contributed by atoms with Crippen molar-refractivity contribution in [1.29, 1.82) is 0 Å². The Bertz CT molecular complexity index is 1430. The average Bonchev–Trinajstić information content (AvgIpc) is 3.24. The third-order valence-electron chi connectivity index (χ3n) is 4.85. The summed E-state index contributed by atoms with van der Waals surface area (Å²) in [7, 11) is 0. The second-order valence-corrected chi connectivity index (χ2v) is 8.18. The van der Waals surface area contributed by atoms with Crippen LogP contribution in [0.3, 0.4) is 0 Å². The zero-order chi connectivity index (χ0) is 25.3. The monoisotopic (exact) mass is 502 g/mol. The topological polar surface area (TPSA) is 102 Å². The number of pyridine rings is 2. The summed E-state index contributed by atoms with van der Waals surface area (Å²) < 4.78 is 41.0. The lowest BCUT2D eigenvalue weighted by atomic mass is 10.0. The fraction of sp³-hybridized carbons (Fsp3) is 0.174. The molecule has 0 saturated carbocycles. The molecule has 0 bridgehead atoms. The maximum Gasteiger partial charge on any atom is 0.435 e. The number of rotatable bonds is 5. The van der Waals surface area contributed by atoms with Gasteiger partial charge in [0.2, 0.25) is 0 Å². The molecule has 0 fully saturated rings. The molecule has 0 aliphatic heterocycles. The highest BCUT2D eigenvalue weighted by molar-refractivity contribution is 6.32. The first-order valence-electron chi connectivity index (χ1n) is 10.3. The molecule has 4 aromatic rings. The summed E-state index contributed by atoms with van der Waals surface area (Å²) in [6, 6.07) is 9.62. The number of benzene rings is 1. The van der Waals surface area contributed by atoms with E-state index in [2.05, 4.69) is 25.7 Å². The number of amides is 2. The van der Waals surface area contributed by atoms with Crippen LogP contribution in [0.2, 0.25) is 5.02 Å². The van der Waals surface area contributed by atoms with Crippen LogP contribution in [0.4, 0.5) is 18.9 Å². The number of carbonyl (C=O) groups excluding carboxylic acids is 2. The van der Waals surface area contributed by atoms with Crippen LogP contribution >= 0.6 is 11.6 Å². The summed E-state index contributed by atoms with van der Waals surface area (Å²) in [6.45, 7) is 3.54. The third kappa shape index (κ3) is 4.94. The number of nitrogens with zero attached hydrogens (tertiary/aromatic N) is 4. The normalized spacial score (nSPS) is 11.6. The van der Waals surface area contributed by atoms with Crippen molar-refractivity contribution in [2.24, 2.45) is 0 Å². The van der Waals surface area contributed by atoms with Gasteiger partial charge in [0.25, 0.3) is 11.8 Å². The van der Waals surface area contributed by atoms with Crippen molar-refractivity contribution in [1.82, 2.24) is 25.1 Å². The van der Waals surface area contributed by atoms with Crippen molar-refractivity contribution >= 4 is 40.0 Å². The predicted octanol–water partition coefficient (Wildman–Crippen LogP) is 4.88. The molecule has 0 saturated heterocycles. The van der Waals surface area contributed by atoms with Gasteiger partial charge in [0, 0.05) is 29.9 Å². The summed E-state index contributed by atoms with van der Waals surface area (Å²) in [5.41, 5.74) is -1.06. The molecule has 8 nitrogen and oxygen atoms in total. The lowest BCUT2D eigenvalue weighted by molar-refractivity contribution is -0.141. The Balaban J connectivity index is 1.82. The van der Waals surface area contributed by atoms with Gasteiger partial charge < -0.3 is 10.6 Å². The smallest absolute Gasteiger partial charge is 0.350 e. The maximum atomic E-state index is 13.4. The standard InChI is InChI=1S/C23H18ClF3N6O2/c1-12(2)30-22(35)19-13-5-3-9-28-15(13)7-8-16(19)31-21(34)17-11-18(23(25,26)27)32-33(17)20-14(24)6-4-10-29-20/h3-12H,1-2H3,(H,30,35)(H,31,34). The first-order chi connectivity index (χ1) is 16.6. The lowest BCUT2D eigenvalue weighted by Gasteiger charge is -2.16. The summed E-state index contributed by atoms with van der Waals surface area (Å²) in [5.74, 6) is -1.59. The number of hydrogen-bond donors (Lipinski definition) is 2. The molecule has 0 radical (unpaired) electrons. The molecule has 0 atom stereocenters. The molecule has 3 heterocycles. The van der Waals surface area contributed by atoms with Crippen molar-refractivity contribution in [2.45, 2.75) is 26.1 Å². The summed E-state index contributed by atoms with van der Waals surface area (Å²) in [4.78, 5) is 34.4. The molecule has 1 aromatic carbocycles. The Hall–Kier alpha value is -3.99. The van der Waals surface area contributed by atoms with Crippen molar-refractivity contribution in [3.63, 3.8) is 0 Å². The fourth-order valence-corrected chi connectivity index (χ4v) is 3.60. The highest BCUT2D eigenvalue weighted by Gasteiger charge is 2.36. The van der Waals surface area contributed by atoms with Crippen molar-refractivity contribution in [3.05, 3.63) is 76.8 Å². The van der Waals surface area contributed by atoms with Gasteiger partial charge in [-0.3, -0.25) is 14.6 Å². The number of carbonyl (C=O) groups is 2. The van der Waals surface area contributed by atoms with E-state index in [4.69, 9.17) is 11.6 Å². The quantitative estimate of drug-likeness (QED) is 0.405. The van der Waals surface area contributed by atoms with Crippen molar-refractivity contribution in [2.75, 3.05) is 5.32 Å². The highest BCUT2D eigenvalue weighted by Crippen LogP contribution is 2.31. The fourth-order valence-electron chi connectivity index (χ4n) is 3.40. The van der Waals surface area contributed by atoms with Crippen LogP contribution < -0.4 is 10.6 Å². The van der Waals surface area contributed by atoms with Crippen LogP contribution in [0, 0.1) is 0 Å². The second-order valence-electron chi connectivity index (χ2n) is 7.77. The molecule has 0 unspecified atom stereocenters. The average molecular weight is 503 g/mol. The first kappa shape index (κ1) is 24.1. The Morgan fingerprint density at radius 3 is 2.43 bits per heavy atom. The molecule has 2 N–H and O–H groups in total. The Morgan fingerprint density at radius 1 is 1.03 bits per heavy atom. The number of alkyl halides is 3. The van der Waals surface area contributed by atoms with Gasteiger partial charge in [-0.1, -0.05) is 17.7 Å². The molecule has 12 heteroatoms. The van der Waals surface area contributed by atoms with Gasteiger partial charge in [-0.15, -0.1) is 0 Å². The van der Waals surface area contributed by atoms with Gasteiger partial charge in [-0.05, 0) is 44.2 Å². The Morgan fingerprint density at radius 2 is 1.74 bits per heavy atom. The zero-order valence-corrected chi connectivity index (χ0v) is 19.1. The number of fused-ring (bicyclic) bond motifs is 1. The molecular formula is C23H18ClF3N6O2. The molecule has 2 amide bonds. The number of nitrogens with one attached hydrogen (secondary N) is 2. The largest absolute Gasteiger partial charge is 0.435 e. The first-order valence-corrected chi connectivity index (χ1v) is 10.7. The summed E-state index contributed by atoms with van der Waals surface area (Å²) >= 11 is 6.10. The van der Waals surface area contributed by atoms with E-state index in [0.717, 1.165) is 4.68 Å². The molecule has 0 aliphatic rings. The molecule has 35 heavy (non-hydrogen) atoms. The molecule has 0 spiro atoms. The van der Waals surface area contributed by atoms with E-state index < -0.39 is 29.4 Å². The highest BCUT2D eigenvalue weighted by atomic mass is 35.5. The van der Waals surface area contributed by atoms with E-state index >= 15 is 0 Å².